The van der Waals surface area contributed by atoms with Gasteiger partial charge in [0, 0.05) is 0 Å². The van der Waals surface area contributed by atoms with Crippen molar-refractivity contribution >= 4 is 29.2 Å². The first-order chi connectivity index (χ1) is 9.53. The summed E-state index contributed by atoms with van der Waals surface area (Å²) in [5.41, 5.74) is -0.581. The van der Waals surface area contributed by atoms with Gasteiger partial charge in [-0.15, -0.1) is 0 Å². The predicted octanol–water partition coefficient (Wildman–Crippen LogP) is 3.24. The van der Waals surface area contributed by atoms with Crippen LogP contribution in [-0.4, -0.2) is 17.5 Å². The van der Waals surface area contributed by atoms with Crippen LogP contribution in [0.15, 0.2) is 18.2 Å². The van der Waals surface area contributed by atoms with Crippen LogP contribution in [-0.2, 0) is 4.79 Å². The van der Waals surface area contributed by atoms with Gasteiger partial charge in [0.1, 0.15) is 11.4 Å². The normalized spacial score (nSPS) is 21.4. The molecule has 106 valence electrons. The summed E-state index contributed by atoms with van der Waals surface area (Å²) in [5, 5.41) is 2.75. The second-order valence-corrected chi connectivity index (χ2v) is 5.72. The summed E-state index contributed by atoms with van der Waals surface area (Å²) in [5.74, 6) is -0.932. The third kappa shape index (κ3) is 1.97. The molecule has 0 atom stereocenters. The van der Waals surface area contributed by atoms with Crippen LogP contribution in [0.1, 0.15) is 32.1 Å². The van der Waals surface area contributed by atoms with Gasteiger partial charge in [0.25, 0.3) is 5.91 Å². The van der Waals surface area contributed by atoms with Crippen LogP contribution in [0.4, 0.5) is 14.9 Å². The minimum atomic E-state index is -0.800. The maximum atomic E-state index is 13.5. The summed E-state index contributed by atoms with van der Waals surface area (Å²) in [6.45, 7) is 0. The SMILES string of the molecule is O=C1NC2(CCCCC2)C(=O)N1c1ccc(Cl)c(F)c1. The molecular formula is C14H14ClFN2O2. The highest BCUT2D eigenvalue weighted by Crippen LogP contribution is 2.36. The number of benzene rings is 1. The molecule has 2 fully saturated rings. The molecule has 1 aliphatic heterocycles. The summed E-state index contributed by atoms with van der Waals surface area (Å²) in [6, 6.07) is 3.45. The molecule has 0 bridgehead atoms. The van der Waals surface area contributed by atoms with Gasteiger partial charge in [-0.1, -0.05) is 30.9 Å². The molecule has 0 radical (unpaired) electrons. The molecule has 2 aliphatic rings. The first-order valence-corrected chi connectivity index (χ1v) is 7.03. The predicted molar refractivity (Wildman–Crippen MR) is 73.2 cm³/mol. The second kappa shape index (κ2) is 4.74. The van der Waals surface area contributed by atoms with E-state index in [1.807, 2.05) is 0 Å². The number of hydrogen-bond acceptors (Lipinski definition) is 2. The average molecular weight is 297 g/mol. The number of nitrogens with one attached hydrogen (secondary N) is 1. The van der Waals surface area contributed by atoms with Crippen molar-refractivity contribution in [1.29, 1.82) is 0 Å². The first-order valence-electron chi connectivity index (χ1n) is 6.65. The number of amides is 3. The average Bonchev–Trinajstić information content (AvgIpc) is 2.66. The van der Waals surface area contributed by atoms with E-state index >= 15 is 0 Å². The van der Waals surface area contributed by atoms with Crippen molar-refractivity contribution in [2.24, 2.45) is 0 Å². The van der Waals surface area contributed by atoms with Gasteiger partial charge in [-0.3, -0.25) is 4.79 Å². The minimum Gasteiger partial charge on any atom is -0.323 e. The van der Waals surface area contributed by atoms with Crippen LogP contribution >= 0.6 is 11.6 Å². The first kappa shape index (κ1) is 13.4. The lowest BCUT2D eigenvalue weighted by atomic mass is 9.82. The van der Waals surface area contributed by atoms with E-state index in [1.165, 1.54) is 12.1 Å². The smallest absolute Gasteiger partial charge is 0.323 e. The Morgan fingerprint density at radius 3 is 2.55 bits per heavy atom. The van der Waals surface area contributed by atoms with Crippen molar-refractivity contribution < 1.29 is 14.0 Å². The van der Waals surface area contributed by atoms with Gasteiger partial charge in [0.2, 0.25) is 0 Å². The molecule has 1 aromatic carbocycles. The number of rotatable bonds is 1. The van der Waals surface area contributed by atoms with E-state index in [-0.39, 0.29) is 16.6 Å². The highest BCUT2D eigenvalue weighted by Gasteiger charge is 2.51. The molecule has 1 aromatic rings. The Bertz CT molecular complexity index is 585. The van der Waals surface area contributed by atoms with Gasteiger partial charge < -0.3 is 5.32 Å². The van der Waals surface area contributed by atoms with Gasteiger partial charge in [-0.2, -0.15) is 0 Å². The van der Waals surface area contributed by atoms with Crippen LogP contribution in [0.2, 0.25) is 5.02 Å². The lowest BCUT2D eigenvalue weighted by molar-refractivity contribution is -0.123. The van der Waals surface area contributed by atoms with E-state index in [9.17, 15) is 14.0 Å². The van der Waals surface area contributed by atoms with Crippen molar-refractivity contribution in [3.8, 4) is 0 Å². The topological polar surface area (TPSA) is 49.4 Å². The van der Waals surface area contributed by atoms with Gasteiger partial charge in [0.15, 0.2) is 0 Å². The molecule has 1 saturated heterocycles. The zero-order valence-electron chi connectivity index (χ0n) is 10.8. The number of hydrogen-bond donors (Lipinski definition) is 1. The van der Waals surface area contributed by atoms with Crippen LogP contribution in [0.3, 0.4) is 0 Å². The third-order valence-corrected chi connectivity index (χ3v) is 4.34. The van der Waals surface area contributed by atoms with Crippen LogP contribution in [0.25, 0.3) is 0 Å². The van der Waals surface area contributed by atoms with Gasteiger partial charge in [-0.05, 0) is 31.0 Å². The second-order valence-electron chi connectivity index (χ2n) is 5.31. The number of halogens is 2. The largest absolute Gasteiger partial charge is 0.329 e. The van der Waals surface area contributed by atoms with Crippen molar-refractivity contribution in [2.75, 3.05) is 4.90 Å². The molecule has 3 amide bonds. The molecule has 0 unspecified atom stereocenters. The summed E-state index contributed by atoms with van der Waals surface area (Å²) in [4.78, 5) is 25.7. The number of imide groups is 1. The fraction of sp³-hybridized carbons (Fsp3) is 0.429. The van der Waals surface area contributed by atoms with E-state index in [1.54, 1.807) is 0 Å². The van der Waals surface area contributed by atoms with Gasteiger partial charge >= 0.3 is 6.03 Å². The van der Waals surface area contributed by atoms with E-state index in [2.05, 4.69) is 5.32 Å². The van der Waals surface area contributed by atoms with E-state index in [0.717, 1.165) is 30.2 Å². The molecule has 1 N–H and O–H groups in total. The summed E-state index contributed by atoms with van der Waals surface area (Å²) in [6.07, 6.45) is 4.18. The Labute approximate surface area is 120 Å². The Balaban J connectivity index is 1.95. The zero-order chi connectivity index (χ0) is 14.3. The highest BCUT2D eigenvalue weighted by atomic mass is 35.5. The maximum absolute atomic E-state index is 13.5. The monoisotopic (exact) mass is 296 g/mol. The number of urea groups is 1. The molecule has 6 heteroatoms. The van der Waals surface area contributed by atoms with Crippen molar-refractivity contribution in [3.63, 3.8) is 0 Å². The summed E-state index contributed by atoms with van der Waals surface area (Å²) < 4.78 is 13.5. The standard InChI is InChI=1S/C14H14ClFN2O2/c15-10-5-4-9(8-11(10)16)18-12(19)14(17-13(18)20)6-2-1-3-7-14/h4-5,8H,1-3,6-7H2,(H,17,20). The molecule has 3 rings (SSSR count). The van der Waals surface area contributed by atoms with Crippen molar-refractivity contribution in [3.05, 3.63) is 29.0 Å². The van der Waals surface area contributed by atoms with E-state index < -0.39 is 17.4 Å². The molecule has 4 nitrogen and oxygen atoms in total. The molecule has 20 heavy (non-hydrogen) atoms. The Kier molecular flexibility index (Phi) is 3.17. The zero-order valence-corrected chi connectivity index (χ0v) is 11.5. The van der Waals surface area contributed by atoms with Crippen molar-refractivity contribution in [2.45, 2.75) is 37.6 Å². The van der Waals surface area contributed by atoms with Crippen LogP contribution in [0, 0.1) is 5.82 Å². The molecule has 1 saturated carbocycles. The number of carbonyl (C=O) groups is 2. The molecule has 1 aliphatic carbocycles. The van der Waals surface area contributed by atoms with Gasteiger partial charge in [0.05, 0.1) is 10.7 Å². The Hall–Kier alpha value is -1.62. The van der Waals surface area contributed by atoms with Gasteiger partial charge in [-0.25, -0.2) is 14.1 Å². The molecule has 1 heterocycles. The van der Waals surface area contributed by atoms with Crippen LogP contribution in [0.5, 0.6) is 0 Å². The molecular weight excluding hydrogens is 283 g/mol. The third-order valence-electron chi connectivity index (χ3n) is 4.03. The fourth-order valence-electron chi connectivity index (χ4n) is 2.97. The maximum Gasteiger partial charge on any atom is 0.329 e. The lowest BCUT2D eigenvalue weighted by Gasteiger charge is -2.30. The fourth-order valence-corrected chi connectivity index (χ4v) is 3.09. The number of nitrogens with zero attached hydrogens (tertiary/aromatic N) is 1. The molecule has 1 spiro atoms. The quantitative estimate of drug-likeness (QED) is 0.809. The molecule has 0 aromatic heterocycles. The highest BCUT2D eigenvalue weighted by molar-refractivity contribution is 6.31. The summed E-state index contributed by atoms with van der Waals surface area (Å²) >= 11 is 5.62. The lowest BCUT2D eigenvalue weighted by Crippen LogP contribution is -2.48. The Morgan fingerprint density at radius 2 is 1.90 bits per heavy atom. The van der Waals surface area contributed by atoms with E-state index in [0.29, 0.717) is 12.8 Å². The Morgan fingerprint density at radius 1 is 1.20 bits per heavy atom. The number of carbonyl (C=O) groups excluding carboxylic acids is 2. The number of anilines is 1. The minimum absolute atomic E-state index is 0.0341. The van der Waals surface area contributed by atoms with E-state index in [4.69, 9.17) is 11.6 Å². The van der Waals surface area contributed by atoms with Crippen molar-refractivity contribution in [1.82, 2.24) is 5.32 Å². The summed E-state index contributed by atoms with van der Waals surface area (Å²) in [7, 11) is 0. The van der Waals surface area contributed by atoms with Crippen LogP contribution < -0.4 is 10.2 Å².